The van der Waals surface area contributed by atoms with Gasteiger partial charge in [-0.25, -0.2) is 0 Å². The average Bonchev–Trinajstić information content (AvgIpc) is 0. The molecule has 0 nitrogen and oxygen atoms in total. The largest absolute Gasteiger partial charge is 0 e. The van der Waals surface area contributed by atoms with Crippen molar-refractivity contribution in [3.05, 3.63) is 0 Å². The standard InChI is InChI=1S/B.Ho.Sr.Ti. The zero-order valence-electron chi connectivity index (χ0n) is 2.09. The summed E-state index contributed by atoms with van der Waals surface area (Å²) in [6.07, 6.45) is 0. The maximum Gasteiger partial charge on any atom is 0 e. The van der Waals surface area contributed by atoms with Crippen molar-refractivity contribution < 1.29 is 59.5 Å². The Kier molecular flexibility index (Phi) is 103. The third kappa shape index (κ3) is 9.10. The molecule has 0 saturated heterocycles. The van der Waals surface area contributed by atoms with Gasteiger partial charge in [0, 0.05) is 113 Å². The van der Waals surface area contributed by atoms with Crippen LogP contribution in [0.1, 0.15) is 0 Å². The summed E-state index contributed by atoms with van der Waals surface area (Å²) in [5.41, 5.74) is 0. The van der Waals surface area contributed by atoms with E-state index in [-0.39, 0.29) is 113 Å². The van der Waals surface area contributed by atoms with Crippen LogP contribution in [0.2, 0.25) is 0 Å². The molecule has 0 bridgehead atoms. The minimum atomic E-state index is 0. The van der Waals surface area contributed by atoms with Gasteiger partial charge in [0.1, 0.15) is 0 Å². The minimum Gasteiger partial charge on any atom is 0 e. The van der Waals surface area contributed by atoms with Gasteiger partial charge >= 0.3 is 0 Å². The fraction of sp³-hybridized carbons (Fsp3) is 0. The van der Waals surface area contributed by atoms with E-state index in [1.54, 1.807) is 0 Å². The molecule has 0 aliphatic carbocycles. The molecule has 0 aromatic rings. The molecule has 0 aromatic heterocycles. The zero-order chi connectivity index (χ0) is 0. The second kappa shape index (κ2) is 16.0. The quantitative estimate of drug-likeness (QED) is 0.516. The second-order valence-corrected chi connectivity index (χ2v) is 0. The van der Waals surface area contributed by atoms with Crippen molar-refractivity contribution in [2.24, 2.45) is 0 Å². The van der Waals surface area contributed by atoms with Crippen LogP contribution in [0.3, 0.4) is 0 Å². The molecule has 0 aromatic carbocycles. The van der Waals surface area contributed by atoms with Gasteiger partial charge in [-0.1, -0.05) is 0 Å². The van der Waals surface area contributed by atoms with Crippen molar-refractivity contribution in [2.45, 2.75) is 0 Å². The van der Waals surface area contributed by atoms with E-state index in [1.165, 1.54) is 0 Å². The van der Waals surface area contributed by atoms with Crippen LogP contribution in [0.5, 0.6) is 0 Å². The summed E-state index contributed by atoms with van der Waals surface area (Å²) in [5, 5.41) is 0. The van der Waals surface area contributed by atoms with Crippen molar-refractivity contribution in [1.29, 1.82) is 0 Å². The summed E-state index contributed by atoms with van der Waals surface area (Å²) in [5.74, 6) is 0. The first-order valence-corrected chi connectivity index (χ1v) is 0. The van der Waals surface area contributed by atoms with Gasteiger partial charge in [0.15, 0.2) is 0 Å². The number of hydrogen-bond donors (Lipinski definition) is 0. The van der Waals surface area contributed by atoms with E-state index in [4.69, 9.17) is 0 Å². The Morgan fingerprint density at radius 2 is 1.00 bits per heavy atom. The van der Waals surface area contributed by atoms with Crippen LogP contribution in [0.25, 0.3) is 0 Å². The fourth-order valence-electron chi connectivity index (χ4n) is 0. The Morgan fingerprint density at radius 3 is 1.00 bits per heavy atom. The SMILES string of the molecule is [B].[Ho].[Sr].[Ti]. The normalized spacial score (nSPS) is 0. The predicted molar refractivity (Wildman–Crippen MR) is 11.5 cm³/mol. The first kappa shape index (κ1) is 25.8. The summed E-state index contributed by atoms with van der Waals surface area (Å²) in [6, 6.07) is 0. The van der Waals surface area contributed by atoms with Gasteiger partial charge in [0.25, 0.3) is 0 Å². The van der Waals surface area contributed by atoms with Crippen LogP contribution in [-0.4, -0.2) is 53.9 Å². The molecule has 0 spiro atoms. The van der Waals surface area contributed by atoms with Gasteiger partial charge in [0.2, 0.25) is 0 Å². The monoisotopic (exact) mass is 312 g/mol. The van der Waals surface area contributed by atoms with E-state index in [9.17, 15) is 0 Å². The Labute approximate surface area is 110 Å². The van der Waals surface area contributed by atoms with Crippen molar-refractivity contribution in [2.75, 3.05) is 0 Å². The Morgan fingerprint density at radius 1 is 1.00 bits per heavy atom. The van der Waals surface area contributed by atoms with Crippen LogP contribution in [0, 0.1) is 37.7 Å². The summed E-state index contributed by atoms with van der Waals surface area (Å²) in [7, 11) is 0. The molecule has 6 radical (unpaired) electrons. The molecule has 20 valence electrons. The maximum absolute atomic E-state index is 0. The van der Waals surface area contributed by atoms with E-state index in [0.717, 1.165) is 0 Å². The van der Waals surface area contributed by atoms with Crippen molar-refractivity contribution in [1.82, 2.24) is 0 Å². The van der Waals surface area contributed by atoms with Gasteiger partial charge in [-0.05, 0) is 0 Å². The van der Waals surface area contributed by atoms with E-state index >= 15 is 0 Å². The van der Waals surface area contributed by atoms with Crippen LogP contribution < -0.4 is 0 Å². The Bertz CT molecular complexity index is 8.00. The molecule has 0 aliphatic heterocycles. The zero-order valence-corrected chi connectivity index (χ0v) is 9.06. The van der Waals surface area contributed by atoms with Gasteiger partial charge in [-0.15, -0.1) is 0 Å². The molecule has 0 atom stereocenters. The van der Waals surface area contributed by atoms with Gasteiger partial charge < -0.3 is 0 Å². The molecular weight excluding hydrogens is 311 g/mol. The van der Waals surface area contributed by atoms with Crippen LogP contribution in [0.4, 0.5) is 0 Å². The van der Waals surface area contributed by atoms with Crippen molar-refractivity contribution in [3.8, 4) is 0 Å². The first-order valence-electron chi connectivity index (χ1n) is 0. The predicted octanol–water partition coefficient (Wildman–Crippen LogP) is -0.764. The van der Waals surface area contributed by atoms with Crippen molar-refractivity contribution >= 4 is 53.9 Å². The van der Waals surface area contributed by atoms with E-state index in [2.05, 4.69) is 0 Å². The molecule has 0 heterocycles. The van der Waals surface area contributed by atoms with Gasteiger partial charge in [-0.3, -0.25) is 0 Å². The summed E-state index contributed by atoms with van der Waals surface area (Å²) >= 11 is 0. The van der Waals surface area contributed by atoms with E-state index in [1.807, 2.05) is 0 Å². The molecular formula is BHoSrTi. The first-order chi connectivity index (χ1) is 0. The van der Waals surface area contributed by atoms with E-state index in [0.29, 0.717) is 0 Å². The molecule has 0 rings (SSSR count). The third-order valence-corrected chi connectivity index (χ3v) is 0. The molecule has 0 unspecified atom stereocenters. The van der Waals surface area contributed by atoms with Gasteiger partial charge in [0.05, 0.1) is 0 Å². The smallest absolute Gasteiger partial charge is 0 e. The van der Waals surface area contributed by atoms with Crippen LogP contribution in [-0.2, 0) is 21.7 Å². The Balaban J connectivity index is 0. The molecule has 4 heavy (non-hydrogen) atoms. The molecule has 0 saturated carbocycles. The molecule has 0 aliphatic rings. The van der Waals surface area contributed by atoms with Crippen LogP contribution in [0.15, 0.2) is 0 Å². The van der Waals surface area contributed by atoms with E-state index < -0.39 is 0 Å². The summed E-state index contributed by atoms with van der Waals surface area (Å²) in [6.45, 7) is 0. The molecule has 0 N–H and O–H groups in total. The van der Waals surface area contributed by atoms with Crippen LogP contribution >= 0.6 is 0 Å². The summed E-state index contributed by atoms with van der Waals surface area (Å²) in [4.78, 5) is 0. The average molecular weight is 311 g/mol. The Hall–Kier alpha value is 3.52. The van der Waals surface area contributed by atoms with Gasteiger partial charge in [-0.2, -0.15) is 0 Å². The second-order valence-electron chi connectivity index (χ2n) is 0. The fourth-order valence-corrected chi connectivity index (χ4v) is 0. The number of rotatable bonds is 0. The third-order valence-electron chi connectivity index (χ3n) is 0. The summed E-state index contributed by atoms with van der Waals surface area (Å²) < 4.78 is 0. The number of hydrogen-bond acceptors (Lipinski definition) is 0. The molecule has 0 amide bonds. The molecule has 4 heteroatoms. The maximum atomic E-state index is 0. The van der Waals surface area contributed by atoms with Crippen molar-refractivity contribution in [3.63, 3.8) is 0 Å². The molecule has 0 fully saturated rings. The topological polar surface area (TPSA) is 0 Å². The minimum absolute atomic E-state index is 0.